The van der Waals surface area contributed by atoms with E-state index in [1.54, 1.807) is 0 Å². The van der Waals surface area contributed by atoms with E-state index in [1.807, 2.05) is 0 Å². The van der Waals surface area contributed by atoms with Crippen molar-refractivity contribution < 1.29 is 21.6 Å². The highest BCUT2D eigenvalue weighted by atomic mass is 32.2. The van der Waals surface area contributed by atoms with E-state index in [-0.39, 0.29) is 28.9 Å². The topological polar surface area (TPSA) is 89.2 Å². The maximum Gasteiger partial charge on any atom is 0.453 e. The first kappa shape index (κ1) is 14.7. The zero-order valence-electron chi connectivity index (χ0n) is 10.5. The third-order valence-electron chi connectivity index (χ3n) is 3.01. The van der Waals surface area contributed by atoms with Gasteiger partial charge in [-0.2, -0.15) is 22.8 Å². The van der Waals surface area contributed by atoms with Crippen LogP contribution in [0.5, 0.6) is 0 Å². The Bertz CT molecular complexity index is 766. The number of hydrogen-bond donors (Lipinski definition) is 1. The van der Waals surface area contributed by atoms with Crippen LogP contribution in [-0.4, -0.2) is 52.3 Å². The maximum atomic E-state index is 12.7. The summed E-state index contributed by atoms with van der Waals surface area (Å²) in [6.07, 6.45) is -4.39. The number of sulfone groups is 1. The van der Waals surface area contributed by atoms with Crippen LogP contribution < -0.4 is 5.32 Å². The minimum absolute atomic E-state index is 0.0380. The normalized spacial score (nSPS) is 22.7. The standard InChI is InChI=1S/C9H10F3N5O2S2/c10-9(11,12)7-14-15-8-17(7)16-6(20-8)3-5-4-21(18,19)2-1-13-5/h5,13H,1-4H2. The first-order valence-corrected chi connectivity index (χ1v) is 8.60. The van der Waals surface area contributed by atoms with Crippen LogP contribution in [0.25, 0.3) is 4.96 Å². The van der Waals surface area contributed by atoms with Crippen LogP contribution >= 0.6 is 11.3 Å². The van der Waals surface area contributed by atoms with E-state index in [0.29, 0.717) is 16.1 Å². The van der Waals surface area contributed by atoms with E-state index in [1.165, 1.54) is 0 Å². The summed E-state index contributed by atoms with van der Waals surface area (Å²) in [7, 11) is -3.10. The van der Waals surface area contributed by atoms with E-state index >= 15 is 0 Å². The lowest BCUT2D eigenvalue weighted by molar-refractivity contribution is -0.146. The molecule has 1 fully saturated rings. The predicted octanol–water partition coefficient (Wildman–Crippen LogP) is 0.134. The summed E-state index contributed by atoms with van der Waals surface area (Å²) < 4.78 is 61.7. The Morgan fingerprint density at radius 3 is 2.81 bits per heavy atom. The van der Waals surface area contributed by atoms with Crippen LogP contribution in [0, 0.1) is 0 Å². The van der Waals surface area contributed by atoms with Gasteiger partial charge in [-0.05, 0) is 0 Å². The van der Waals surface area contributed by atoms with Gasteiger partial charge in [-0.3, -0.25) is 0 Å². The number of alkyl halides is 3. The van der Waals surface area contributed by atoms with Crippen molar-refractivity contribution in [2.75, 3.05) is 18.1 Å². The molecule has 2 aromatic heterocycles. The van der Waals surface area contributed by atoms with Crippen LogP contribution in [0.4, 0.5) is 13.2 Å². The van der Waals surface area contributed by atoms with Crippen LogP contribution in [0.2, 0.25) is 0 Å². The minimum Gasteiger partial charge on any atom is -0.312 e. The first-order valence-electron chi connectivity index (χ1n) is 5.97. The van der Waals surface area contributed by atoms with Gasteiger partial charge in [-0.1, -0.05) is 11.3 Å². The lowest BCUT2D eigenvalue weighted by atomic mass is 10.2. The van der Waals surface area contributed by atoms with Gasteiger partial charge in [-0.25, -0.2) is 8.42 Å². The number of nitrogens with zero attached hydrogens (tertiary/aromatic N) is 4. The van der Waals surface area contributed by atoms with Crippen molar-refractivity contribution in [2.24, 2.45) is 0 Å². The van der Waals surface area contributed by atoms with Crippen LogP contribution in [-0.2, 0) is 22.4 Å². The zero-order chi connectivity index (χ0) is 15.3. The van der Waals surface area contributed by atoms with Crippen molar-refractivity contribution in [3.05, 3.63) is 10.8 Å². The molecular formula is C9H10F3N5O2S2. The second kappa shape index (κ2) is 4.88. The second-order valence-electron chi connectivity index (χ2n) is 4.68. The van der Waals surface area contributed by atoms with E-state index in [2.05, 4.69) is 20.6 Å². The van der Waals surface area contributed by atoms with Gasteiger partial charge in [0.15, 0.2) is 9.84 Å². The lowest BCUT2D eigenvalue weighted by Gasteiger charge is -2.22. The van der Waals surface area contributed by atoms with Crippen molar-refractivity contribution in [1.29, 1.82) is 0 Å². The van der Waals surface area contributed by atoms with Crippen LogP contribution in [0.3, 0.4) is 0 Å². The average Bonchev–Trinajstić information content (AvgIpc) is 2.84. The molecule has 7 nitrogen and oxygen atoms in total. The molecule has 2 aromatic rings. The summed E-state index contributed by atoms with van der Waals surface area (Å²) in [6.45, 7) is 0.338. The molecule has 1 atom stereocenters. The average molecular weight is 341 g/mol. The largest absolute Gasteiger partial charge is 0.453 e. The van der Waals surface area contributed by atoms with E-state index < -0.39 is 21.8 Å². The molecule has 1 aliphatic rings. The van der Waals surface area contributed by atoms with Crippen molar-refractivity contribution in [3.8, 4) is 0 Å². The number of halogens is 3. The Morgan fingerprint density at radius 1 is 1.38 bits per heavy atom. The van der Waals surface area contributed by atoms with Gasteiger partial charge >= 0.3 is 6.18 Å². The predicted molar refractivity (Wildman–Crippen MR) is 67.8 cm³/mol. The molecule has 1 aliphatic heterocycles. The first-order chi connectivity index (χ1) is 9.74. The van der Waals surface area contributed by atoms with Gasteiger partial charge < -0.3 is 5.32 Å². The fourth-order valence-corrected chi connectivity index (χ4v) is 4.48. The molecule has 3 heterocycles. The second-order valence-corrected chi connectivity index (χ2v) is 7.95. The summed E-state index contributed by atoms with van der Waals surface area (Å²) in [5.41, 5.74) is 0. The highest BCUT2D eigenvalue weighted by molar-refractivity contribution is 7.91. The summed E-state index contributed by atoms with van der Waals surface area (Å²) >= 11 is 0.971. The SMILES string of the molecule is O=S1(=O)CCNC(Cc2nn3c(C(F)(F)F)nnc3s2)C1. The molecule has 0 saturated carbocycles. The molecule has 3 rings (SSSR count). The third kappa shape index (κ3) is 3.01. The number of nitrogens with one attached hydrogen (secondary N) is 1. The Labute approximate surface area is 121 Å². The van der Waals surface area contributed by atoms with Crippen LogP contribution in [0.15, 0.2) is 0 Å². The van der Waals surface area contributed by atoms with Crippen molar-refractivity contribution >= 4 is 26.1 Å². The molecule has 0 spiro atoms. The smallest absolute Gasteiger partial charge is 0.312 e. The van der Waals surface area contributed by atoms with Crippen LogP contribution in [0.1, 0.15) is 10.8 Å². The molecule has 1 unspecified atom stereocenters. The molecule has 0 aromatic carbocycles. The highest BCUT2D eigenvalue weighted by Gasteiger charge is 2.38. The maximum absolute atomic E-state index is 12.7. The summed E-state index contributed by atoms with van der Waals surface area (Å²) in [4.78, 5) is 0.0380. The Kier molecular flexibility index (Phi) is 3.41. The number of fused-ring (bicyclic) bond motifs is 1. The van der Waals surface area contributed by atoms with Gasteiger partial charge in [0.05, 0.1) is 11.5 Å². The fourth-order valence-electron chi connectivity index (χ4n) is 2.13. The van der Waals surface area contributed by atoms with Gasteiger partial charge in [0.1, 0.15) is 5.01 Å². The summed E-state index contributed by atoms with van der Waals surface area (Å²) in [5.74, 6) is -1.14. The number of aromatic nitrogens is 4. The Morgan fingerprint density at radius 2 is 2.14 bits per heavy atom. The fraction of sp³-hybridized carbons (Fsp3) is 0.667. The van der Waals surface area contributed by atoms with Crippen molar-refractivity contribution in [1.82, 2.24) is 25.1 Å². The van der Waals surface area contributed by atoms with Gasteiger partial charge in [0.2, 0.25) is 4.96 Å². The molecule has 0 aliphatic carbocycles. The van der Waals surface area contributed by atoms with Gasteiger partial charge in [0, 0.05) is 19.0 Å². The minimum atomic E-state index is -4.63. The van der Waals surface area contributed by atoms with Gasteiger partial charge in [0.25, 0.3) is 5.82 Å². The van der Waals surface area contributed by atoms with Crippen molar-refractivity contribution in [3.63, 3.8) is 0 Å². The highest BCUT2D eigenvalue weighted by Crippen LogP contribution is 2.29. The van der Waals surface area contributed by atoms with Crippen molar-refractivity contribution in [2.45, 2.75) is 18.6 Å². The molecule has 21 heavy (non-hydrogen) atoms. The van der Waals surface area contributed by atoms with E-state index in [4.69, 9.17) is 0 Å². The third-order valence-corrected chi connectivity index (χ3v) is 5.67. The molecule has 1 saturated heterocycles. The molecule has 0 amide bonds. The molecular weight excluding hydrogens is 331 g/mol. The Balaban J connectivity index is 1.84. The summed E-state index contributed by atoms with van der Waals surface area (Å²) in [6, 6.07) is -0.345. The summed E-state index contributed by atoms with van der Waals surface area (Å²) in [5, 5.41) is 13.7. The quantitative estimate of drug-likeness (QED) is 0.835. The molecule has 0 bridgehead atoms. The lowest BCUT2D eigenvalue weighted by Crippen LogP contribution is -2.46. The van der Waals surface area contributed by atoms with E-state index in [9.17, 15) is 21.6 Å². The zero-order valence-corrected chi connectivity index (χ0v) is 12.1. The monoisotopic (exact) mass is 341 g/mol. The molecule has 1 N–H and O–H groups in total. The van der Waals surface area contributed by atoms with E-state index in [0.717, 1.165) is 11.3 Å². The molecule has 12 heteroatoms. The molecule has 0 radical (unpaired) electrons. The number of rotatable bonds is 2. The van der Waals surface area contributed by atoms with Gasteiger partial charge in [-0.15, -0.1) is 10.2 Å². The molecule has 116 valence electrons. The Hall–Kier alpha value is -1.27. The number of hydrogen-bond acceptors (Lipinski definition) is 7.